The van der Waals surface area contributed by atoms with Crippen LogP contribution < -0.4 is 81.0 Å². The number of hydrogen-bond acceptors (Lipinski definition) is 23. The number of primary amides is 2. The van der Waals surface area contributed by atoms with Gasteiger partial charge in [-0.25, -0.2) is 4.98 Å². The van der Waals surface area contributed by atoms with Crippen LogP contribution in [-0.2, 0) is 112 Å². The minimum atomic E-state index is -1.85. The summed E-state index contributed by atoms with van der Waals surface area (Å²) in [6, 6.07) is -1.45. The molecule has 9 rings (SSSR count). The van der Waals surface area contributed by atoms with E-state index in [0.29, 0.717) is 64.2 Å². The number of phenolic OH excluding ortho intramolecular Hbond substituents is 1. The number of guanidine groups is 1. The fraction of sp³-hybridized carbons (Fsp3) is 0.527. The molecule has 6 aromatic rings. The van der Waals surface area contributed by atoms with Crippen molar-refractivity contribution < 1.29 is 96.5 Å². The van der Waals surface area contributed by atoms with Gasteiger partial charge < -0.3 is 131 Å². The number of thioether (sulfide) groups is 1. The van der Waals surface area contributed by atoms with E-state index < -0.39 is 234 Å². The smallest absolute Gasteiger partial charge is 0.246 e. The van der Waals surface area contributed by atoms with Crippen molar-refractivity contribution in [2.45, 2.75) is 235 Å². The van der Waals surface area contributed by atoms with Crippen molar-refractivity contribution in [3.8, 4) is 5.75 Å². The van der Waals surface area contributed by atoms with E-state index in [1.165, 1.54) is 69.8 Å². The molecule has 14 atom stereocenters. The predicted molar refractivity (Wildman–Crippen MR) is 511 cm³/mol. The second kappa shape index (κ2) is 52.4. The summed E-state index contributed by atoms with van der Waals surface area (Å²) in [4.78, 5) is 282. The van der Waals surface area contributed by atoms with Crippen LogP contribution in [0.2, 0.25) is 0 Å². The van der Waals surface area contributed by atoms with E-state index in [1.807, 2.05) is 13.8 Å². The highest BCUT2D eigenvalue weighted by atomic mass is 32.2. The first-order chi connectivity index (χ1) is 66.3. The van der Waals surface area contributed by atoms with E-state index in [0.717, 1.165) is 31.4 Å². The first-order valence-electron chi connectivity index (χ1n) is 46.7. The lowest BCUT2D eigenvalue weighted by molar-refractivity contribution is -0.149. The molecule has 3 aliphatic rings. The Hall–Kier alpha value is -14.2. The zero-order chi connectivity index (χ0) is 101. The molecule has 18 amide bonds. The highest BCUT2D eigenvalue weighted by Gasteiger charge is 2.45. The van der Waals surface area contributed by atoms with Gasteiger partial charge in [0, 0.05) is 113 Å². The number of benzene rings is 3. The molecule has 0 unspecified atom stereocenters. The van der Waals surface area contributed by atoms with Crippen LogP contribution in [0.15, 0.2) is 97.7 Å². The van der Waals surface area contributed by atoms with Gasteiger partial charge in [0.05, 0.1) is 43.9 Å². The van der Waals surface area contributed by atoms with Gasteiger partial charge in [-0.15, -0.1) is 11.8 Å². The summed E-state index contributed by atoms with van der Waals surface area (Å²) in [6.07, 6.45) is 6.12. The van der Waals surface area contributed by atoms with Crippen molar-refractivity contribution in [2.75, 3.05) is 72.0 Å². The molecule has 0 aliphatic carbocycles. The van der Waals surface area contributed by atoms with E-state index in [2.05, 4.69) is 83.7 Å². The van der Waals surface area contributed by atoms with Gasteiger partial charge in [-0.05, 0) is 112 Å². The number of nitrogens with zero attached hydrogens (tertiary/aromatic N) is 6. The Labute approximate surface area is 807 Å². The van der Waals surface area contributed by atoms with E-state index in [-0.39, 0.29) is 120 Å². The lowest BCUT2D eigenvalue weighted by atomic mass is 10.00. The number of phenols is 1. The van der Waals surface area contributed by atoms with E-state index >= 15 is 33.6 Å². The number of aliphatic hydroxyl groups excluding tert-OH is 1. The number of unbranched alkanes of at least 4 members (excludes halogenated alkanes) is 2. The van der Waals surface area contributed by atoms with Crippen LogP contribution in [0.5, 0.6) is 5.75 Å². The summed E-state index contributed by atoms with van der Waals surface area (Å²) in [5.41, 5.74) is 19.8. The Morgan fingerprint density at radius 3 is 1.61 bits per heavy atom. The van der Waals surface area contributed by atoms with Crippen molar-refractivity contribution in [2.24, 2.45) is 23.1 Å². The molecule has 0 bridgehead atoms. The van der Waals surface area contributed by atoms with Crippen molar-refractivity contribution in [1.29, 1.82) is 5.41 Å². The number of aliphatic hydroxyl groups is 1. The number of para-hydroxylation sites is 2. The first-order valence-corrected chi connectivity index (χ1v) is 47.8. The number of aromatic hydroxyl groups is 1. The number of aromatic amines is 3. The minimum Gasteiger partial charge on any atom is -0.508 e. The molecular formula is C93H131N25O20S. The maximum absolute atomic E-state index is 15.8. The van der Waals surface area contributed by atoms with Crippen molar-refractivity contribution in [1.82, 2.24) is 108 Å². The largest absolute Gasteiger partial charge is 0.508 e. The standard InChI is InChI=1S/C93H131N25O20S/c1-9-11-25-71-85(131)107-62(24-17-33-99-93(96)97)82(128)113-70(81(127)102-45-76(95)122)48-139-49-78(124)106-66(37-53-29-31-57(120)32-30-53)88(134)114(6)52(5)79(125)110-68(41-75(94)121)91(137)118-35-19-28-73(118)87(133)109-64(40-56-44-98-50-104-56)80(126)103-46-77(123)105-65(36-51(3)4)90(136)117-34-18-27-72(117)86(132)108-63(38-54-42-100-60-22-15-13-20-58(54)60)83(129)112-69(47-119)84(130)111-67(39-55-43-101-61-23-16-14-21-59(55)61)89(135)116(8)74(26-12-10-2)92(138)115(71)7/h13-16,20-23,29-32,42-44,50-52,62-74,100-101,119-120H,9-12,17-19,24-28,33-41,45-49H2,1-8H3,(H2,94,121)(H2,95,122)(H,98,104)(H,102,127)(H,103,126)(H,105,123)(H,106,124)(H,107,131)(H,108,132)(H,109,133)(H,110,125)(H,111,130)(H,112,129)(H,113,128)(H4,96,97,99)/t52-,62-,63-,64-,65-,66-,67-,68-,69-,70-,71-,72-,73-,74-/m0/s1. The van der Waals surface area contributed by atoms with Gasteiger partial charge in [0.25, 0.3) is 0 Å². The Morgan fingerprint density at radius 2 is 1.04 bits per heavy atom. The quantitative estimate of drug-likeness (QED) is 0.0148. The van der Waals surface area contributed by atoms with Crippen LogP contribution in [0.3, 0.4) is 0 Å². The highest BCUT2D eigenvalue weighted by Crippen LogP contribution is 2.28. The fourth-order valence-corrected chi connectivity index (χ4v) is 17.9. The second-order valence-corrected chi connectivity index (χ2v) is 36.6. The third-order valence-corrected chi connectivity index (χ3v) is 25.8. The molecule has 139 heavy (non-hydrogen) atoms. The summed E-state index contributed by atoms with van der Waals surface area (Å²) in [7, 11) is 3.91. The summed E-state index contributed by atoms with van der Waals surface area (Å²) in [5.74, 6) is -18.4. The lowest BCUT2D eigenvalue weighted by Gasteiger charge is -2.36. The molecule has 3 aromatic carbocycles. The minimum absolute atomic E-state index is 0.000195. The summed E-state index contributed by atoms with van der Waals surface area (Å²) in [5, 5.41) is 62.2. The number of aromatic nitrogens is 4. The number of H-pyrrole nitrogens is 3. The number of fused-ring (bicyclic) bond motifs is 4. The maximum atomic E-state index is 15.8. The molecule has 754 valence electrons. The monoisotopic (exact) mass is 1950 g/mol. The number of nitrogens with one attached hydrogen (secondary N) is 16. The average Bonchev–Trinajstić information content (AvgIpc) is 1.37. The number of likely N-dealkylation sites (N-methyl/N-ethyl adjacent to an activating group) is 3. The van der Waals surface area contributed by atoms with Crippen LogP contribution in [0.4, 0.5) is 0 Å². The van der Waals surface area contributed by atoms with Crippen LogP contribution in [0, 0.1) is 11.3 Å². The first kappa shape index (κ1) is 108. The number of carbonyl (C=O) groups is 18. The SMILES string of the molecule is CCCC[C@H]1C(=O)N(C)[C@@H](CCCC)C(=O)N[C@@H](CCCNC(=N)N)C(=O)N[C@H](C(=O)NCC(N)=O)CSCC(=O)N[C@@H](Cc2ccc(O)cc2)C(=O)N(C)[C@@H](C)C(=O)N[C@@H](CC(N)=O)C(=O)N2CCC[C@H]2C(=O)N[C@@H](Cc2c[nH]cn2)C(=O)NCC(=O)N[C@@H](CC(C)C)C(=O)N2CCC[C@H]2C(=O)N[C@@H](Cc2c[nH]c3ccccc23)C(=O)N[C@@H](CO)C(=O)N[C@@H](Cc2c[nH]c3ccccc23)C(=O)N1C. The molecular weight excluding hydrogens is 1820 g/mol. The van der Waals surface area contributed by atoms with Gasteiger partial charge >= 0.3 is 0 Å². The third kappa shape index (κ3) is 30.9. The number of rotatable bonds is 26. The summed E-state index contributed by atoms with van der Waals surface area (Å²) < 4.78 is 0. The van der Waals surface area contributed by atoms with Crippen LogP contribution in [0.25, 0.3) is 21.8 Å². The molecule has 3 aliphatic heterocycles. The van der Waals surface area contributed by atoms with E-state index in [1.54, 1.807) is 74.8 Å². The number of hydrogen-bond donors (Lipinski definition) is 21. The van der Waals surface area contributed by atoms with Crippen molar-refractivity contribution in [3.63, 3.8) is 0 Å². The van der Waals surface area contributed by atoms with Crippen molar-refractivity contribution in [3.05, 3.63) is 120 Å². The van der Waals surface area contributed by atoms with Gasteiger partial charge in [-0.3, -0.25) is 91.7 Å². The second-order valence-electron chi connectivity index (χ2n) is 35.5. The Balaban J connectivity index is 1.07. The molecule has 3 fully saturated rings. The third-order valence-electron chi connectivity index (χ3n) is 24.7. The molecule has 0 saturated carbocycles. The van der Waals surface area contributed by atoms with Gasteiger partial charge in [-0.1, -0.05) is 102 Å². The number of imidazole rings is 1. The number of amides is 18. The van der Waals surface area contributed by atoms with E-state index in [9.17, 15) is 63.0 Å². The fourth-order valence-electron chi connectivity index (χ4n) is 17.0. The van der Waals surface area contributed by atoms with Crippen LogP contribution in [-0.4, -0.2) is 324 Å². The van der Waals surface area contributed by atoms with Gasteiger partial charge in [0.2, 0.25) is 106 Å². The van der Waals surface area contributed by atoms with Crippen LogP contribution >= 0.6 is 11.8 Å². The Bertz CT molecular complexity index is 5360. The molecule has 45 nitrogen and oxygen atoms in total. The molecule has 3 aromatic heterocycles. The van der Waals surface area contributed by atoms with Gasteiger partial charge in [0.1, 0.15) is 90.3 Å². The predicted octanol–water partition coefficient (Wildman–Crippen LogP) is -2.78. The number of carbonyl (C=O) groups excluding carboxylic acids is 18. The summed E-state index contributed by atoms with van der Waals surface area (Å²) in [6.45, 7) is 5.82. The Morgan fingerprint density at radius 1 is 0.525 bits per heavy atom. The molecule has 24 N–H and O–H groups in total. The lowest BCUT2D eigenvalue weighted by Crippen LogP contribution is -2.61. The normalized spacial score (nSPS) is 24.1. The van der Waals surface area contributed by atoms with E-state index in [4.69, 9.17) is 22.6 Å². The summed E-state index contributed by atoms with van der Waals surface area (Å²) >= 11 is 0.757. The maximum Gasteiger partial charge on any atom is 0.246 e. The molecule has 0 spiro atoms. The average molecular weight is 1950 g/mol. The van der Waals surface area contributed by atoms with Gasteiger partial charge in [-0.2, -0.15) is 0 Å². The van der Waals surface area contributed by atoms with Gasteiger partial charge in [0.15, 0.2) is 5.96 Å². The van der Waals surface area contributed by atoms with Crippen LogP contribution in [0.1, 0.15) is 147 Å². The number of nitrogens with two attached hydrogens (primary N) is 3. The zero-order valence-electron chi connectivity index (χ0n) is 79.3. The molecule has 0 radical (unpaired) electrons. The molecule has 3 saturated heterocycles. The highest BCUT2D eigenvalue weighted by molar-refractivity contribution is 8.00. The topological polar surface area (TPSA) is 670 Å². The molecule has 46 heteroatoms. The molecule has 6 heterocycles. The van der Waals surface area contributed by atoms with Crippen molar-refractivity contribution >= 4 is 146 Å². The Kier molecular flexibility index (Phi) is 40.9. The zero-order valence-corrected chi connectivity index (χ0v) is 80.2.